The fourth-order valence-corrected chi connectivity index (χ4v) is 13.1. The third-order valence-corrected chi connectivity index (χ3v) is 19.5. The summed E-state index contributed by atoms with van der Waals surface area (Å²) < 4.78 is 87.3. The van der Waals surface area contributed by atoms with Crippen molar-refractivity contribution in [1.29, 1.82) is 0 Å². The summed E-state index contributed by atoms with van der Waals surface area (Å²) >= 11 is 0. The molecule has 3 aromatic rings. The molecule has 0 bridgehead atoms. The zero-order chi connectivity index (χ0) is 44.0. The maximum atomic E-state index is 11.5. The second kappa shape index (κ2) is 22.4. The Bertz CT molecular complexity index is 1730. The van der Waals surface area contributed by atoms with Gasteiger partial charge in [-0.1, -0.05) is 0 Å². The van der Waals surface area contributed by atoms with Gasteiger partial charge in [0, 0.05) is 32.9 Å². The first kappa shape index (κ1) is 52.8. The van der Waals surface area contributed by atoms with E-state index in [0.29, 0.717) is 37.1 Å². The molecule has 0 aliphatic heterocycles. The highest BCUT2D eigenvalue weighted by Gasteiger charge is 2.41. The zero-order valence-electron chi connectivity index (χ0n) is 31.5. The fraction of sp³-hybridized carbons (Fsp3) is 0.483. The van der Waals surface area contributed by atoms with Crippen molar-refractivity contribution in [2.24, 2.45) is 0 Å². The minimum absolute atomic E-state index is 0.317. The number of hydrogen-bond donors (Lipinski definition) is 7. The van der Waals surface area contributed by atoms with E-state index in [4.69, 9.17) is 48.5 Å². The minimum atomic E-state index is -5.17. The molecule has 0 aliphatic rings. The summed E-state index contributed by atoms with van der Waals surface area (Å²) in [5, 5.41) is -5.65. The summed E-state index contributed by atoms with van der Waals surface area (Å²) in [6.45, 7) is 7.11. The Morgan fingerprint density at radius 1 is 0.509 bits per heavy atom. The molecular weight excluding hydrogens is 880 g/mol. The van der Waals surface area contributed by atoms with Crippen molar-refractivity contribution in [3.8, 4) is 17.2 Å². The number of hydrogen-bond acceptors (Lipinski definition) is 12. The van der Waals surface area contributed by atoms with Gasteiger partial charge in [-0.15, -0.1) is 0 Å². The summed E-state index contributed by atoms with van der Waals surface area (Å²) in [7, 11) is -27.9. The van der Waals surface area contributed by atoms with Gasteiger partial charge in [0.1, 0.15) is 0 Å². The van der Waals surface area contributed by atoms with E-state index in [0.717, 1.165) is 13.3 Å². The quantitative estimate of drug-likeness (QED) is 0.0636. The van der Waals surface area contributed by atoms with Crippen LogP contribution < -0.4 is 42.6 Å². The highest BCUT2D eigenvalue weighted by molar-refractivity contribution is 7.73. The molecule has 0 fully saturated rings. The summed E-state index contributed by atoms with van der Waals surface area (Å²) in [5.41, 5.74) is 0. The summed E-state index contributed by atoms with van der Waals surface area (Å²) in [5.74, 6) is 1.44. The van der Waals surface area contributed by atoms with Crippen molar-refractivity contribution in [2.75, 3.05) is 33.2 Å². The molecule has 324 valence electrons. The van der Waals surface area contributed by atoms with Crippen molar-refractivity contribution in [3.05, 3.63) is 73.6 Å². The van der Waals surface area contributed by atoms with Gasteiger partial charge in [-0.05, 0) is 52.3 Å². The lowest BCUT2D eigenvalue weighted by Gasteiger charge is -2.27. The summed E-state index contributed by atoms with van der Waals surface area (Å²) in [6, 6.07) is 9.74. The van der Waals surface area contributed by atoms with E-state index >= 15 is 0 Å². The second-order valence-electron chi connectivity index (χ2n) is 12.1. The lowest BCUT2D eigenvalue weighted by molar-refractivity contribution is -0.695. The average Bonchev–Trinajstić information content (AvgIpc) is 3.04. The van der Waals surface area contributed by atoms with Crippen LogP contribution in [0.1, 0.15) is 20.8 Å². The molecule has 28 heteroatoms. The van der Waals surface area contributed by atoms with E-state index in [1.807, 2.05) is 0 Å². The van der Waals surface area contributed by atoms with Crippen molar-refractivity contribution in [2.45, 2.75) is 56.6 Å². The first-order chi connectivity index (χ1) is 25.9. The van der Waals surface area contributed by atoms with Gasteiger partial charge in [0.2, 0.25) is 18.6 Å². The molecule has 3 aromatic heterocycles. The monoisotopic (exact) mass is 929 g/mol. The number of pyridine rings is 3. The van der Waals surface area contributed by atoms with Crippen LogP contribution in [0.4, 0.5) is 0 Å². The molecule has 0 saturated carbocycles. The van der Waals surface area contributed by atoms with Crippen LogP contribution in [0.2, 0.25) is 0 Å². The second-order valence-corrected chi connectivity index (χ2v) is 25.4. The van der Waals surface area contributed by atoms with Gasteiger partial charge in [0.25, 0.3) is 0 Å². The summed E-state index contributed by atoms with van der Waals surface area (Å²) in [6.07, 6.45) is 8.87. The Kier molecular flexibility index (Phi) is 20.8. The molecule has 0 radical (unpaired) electrons. The molecular formula is C29H49N3O19P6. The predicted octanol–water partition coefficient (Wildman–Crippen LogP) is -0.288. The van der Waals surface area contributed by atoms with Crippen LogP contribution in [0.3, 0.4) is 0 Å². The van der Waals surface area contributed by atoms with Crippen LogP contribution >= 0.6 is 45.1 Å². The maximum Gasteiger partial charge on any atom is 0.343 e. The third kappa shape index (κ3) is 20.1. The molecule has 22 nitrogen and oxygen atoms in total. The normalized spacial score (nSPS) is 16.7. The lowest BCUT2D eigenvalue weighted by Crippen LogP contribution is -2.40. The fourth-order valence-electron chi connectivity index (χ4n) is 4.61. The molecule has 3 heterocycles. The standard InChI is InChI=1S/2C10H17NO6P2.C9H15NO7P2/c2*1-3-17-9-5-4-6-11(7-9)8-10(18(2,12)13)19(14,15)16;1-2-17-8-4-3-5-10(6-8)7-9(18(11,12)13)19(14,15)16/h2*4-7,10H,3,8H2,1-2H3,(H2-,12,13,14,15,16);3-6,9H,2,7H2,1H3,(H3-,11,12,13,14,15,16). The van der Waals surface area contributed by atoms with E-state index in [2.05, 4.69) is 0 Å². The average molecular weight is 930 g/mol. The van der Waals surface area contributed by atoms with E-state index in [1.165, 1.54) is 56.9 Å². The number of ether oxygens (including phenoxy) is 3. The van der Waals surface area contributed by atoms with E-state index < -0.39 is 67.9 Å². The highest BCUT2D eigenvalue weighted by atomic mass is 31.2. The van der Waals surface area contributed by atoms with E-state index in [-0.39, 0.29) is 13.1 Å². The highest BCUT2D eigenvalue weighted by Crippen LogP contribution is 2.59. The molecule has 0 aromatic carbocycles. The zero-order valence-corrected chi connectivity index (χ0v) is 36.8. The van der Waals surface area contributed by atoms with Crippen molar-refractivity contribution >= 4 is 45.1 Å². The molecule has 57 heavy (non-hydrogen) atoms. The van der Waals surface area contributed by atoms with Crippen LogP contribution in [0, 0.1) is 0 Å². The first-order valence-corrected chi connectivity index (χ1v) is 27.5. The van der Waals surface area contributed by atoms with Gasteiger partial charge in [-0.25, -0.2) is 13.7 Å². The van der Waals surface area contributed by atoms with E-state index in [9.17, 15) is 42.1 Å². The largest absolute Gasteiger partial charge is 0.799 e. The Morgan fingerprint density at radius 3 is 0.947 bits per heavy atom. The Balaban J connectivity index is 0.000000427. The van der Waals surface area contributed by atoms with Crippen LogP contribution in [-0.4, -0.2) is 83.6 Å². The first-order valence-electron chi connectivity index (χ1n) is 16.5. The molecule has 0 saturated heterocycles. The molecule has 6 unspecified atom stereocenters. The van der Waals surface area contributed by atoms with Gasteiger partial charge < -0.3 is 76.8 Å². The SMILES string of the molecule is CCOc1ccc[n+](CC(P(=O)([O-])O)P(=O)(O)O)c1.CCOc1ccc[n+](CC(P(C)(=O)[O-])P(=O)(O)O)c1.CCOc1ccc[n+](CC(P(C)(=O)[O-])P(=O)(O)O)c1. The Morgan fingerprint density at radius 2 is 0.754 bits per heavy atom. The Hall–Kier alpha value is -2.17. The molecule has 7 N–H and O–H groups in total. The molecule has 6 atom stereocenters. The van der Waals surface area contributed by atoms with Crippen molar-refractivity contribution in [3.63, 3.8) is 0 Å². The van der Waals surface area contributed by atoms with Gasteiger partial charge in [0.15, 0.2) is 79.3 Å². The van der Waals surface area contributed by atoms with Crippen molar-refractivity contribution < 1.29 is 104 Å². The minimum Gasteiger partial charge on any atom is -0.799 e. The number of rotatable bonds is 18. The topological polar surface area (TPSA) is 353 Å². The van der Waals surface area contributed by atoms with Gasteiger partial charge in [-0.3, -0.25) is 13.7 Å². The molecule has 0 aliphatic carbocycles. The lowest BCUT2D eigenvalue weighted by atomic mass is 10.4. The number of nitrogens with zero attached hydrogens (tertiary/aromatic N) is 3. The number of aromatic nitrogens is 3. The molecule has 3 rings (SSSR count). The maximum absolute atomic E-state index is 11.5. The van der Waals surface area contributed by atoms with Crippen molar-refractivity contribution in [1.82, 2.24) is 0 Å². The molecule has 0 amide bonds. The smallest absolute Gasteiger partial charge is 0.343 e. The van der Waals surface area contributed by atoms with Gasteiger partial charge >= 0.3 is 22.8 Å². The predicted molar refractivity (Wildman–Crippen MR) is 198 cm³/mol. The van der Waals surface area contributed by atoms with Crippen LogP contribution in [0.15, 0.2) is 73.6 Å². The van der Waals surface area contributed by atoms with Crippen LogP contribution in [0.25, 0.3) is 0 Å². The third-order valence-electron chi connectivity index (χ3n) is 7.17. The van der Waals surface area contributed by atoms with Gasteiger partial charge in [0.05, 0.1) is 19.8 Å². The van der Waals surface area contributed by atoms with E-state index in [1.54, 1.807) is 51.1 Å². The van der Waals surface area contributed by atoms with Crippen LogP contribution in [0.5, 0.6) is 17.2 Å². The van der Waals surface area contributed by atoms with Gasteiger partial charge in [-0.2, -0.15) is 0 Å². The van der Waals surface area contributed by atoms with Crippen LogP contribution in [-0.2, 0) is 47.0 Å². The Labute approximate surface area is 329 Å². The summed E-state index contributed by atoms with van der Waals surface area (Å²) in [4.78, 5) is 97.4. The molecule has 0 spiro atoms.